The summed E-state index contributed by atoms with van der Waals surface area (Å²) < 4.78 is 34.7. The van der Waals surface area contributed by atoms with Crippen LogP contribution in [0.3, 0.4) is 0 Å². The minimum atomic E-state index is -4.54. The fourth-order valence-electron chi connectivity index (χ4n) is 6.75. The lowest BCUT2D eigenvalue weighted by Gasteiger charge is -2.28. The van der Waals surface area contributed by atoms with E-state index in [2.05, 4.69) is 74.6 Å². The van der Waals surface area contributed by atoms with Gasteiger partial charge in [-0.25, -0.2) is 0 Å². The summed E-state index contributed by atoms with van der Waals surface area (Å²) in [6, 6.07) is 0. The van der Waals surface area contributed by atoms with Gasteiger partial charge in [0.25, 0.3) is 7.82 Å². The molecule has 0 aliphatic carbocycles. The number of hydrogen-bond acceptors (Lipinski definition) is 7. The summed E-state index contributed by atoms with van der Waals surface area (Å²) in [6.45, 7) is 5.21. The first-order valence-electron chi connectivity index (χ1n) is 25.0. The number of phosphoric ester groups is 1. The summed E-state index contributed by atoms with van der Waals surface area (Å²) in [5.41, 5.74) is 0. The van der Waals surface area contributed by atoms with Crippen molar-refractivity contribution < 1.29 is 37.3 Å². The number of unbranched alkanes of at least 4 members (excludes halogenated alkanes) is 22. The lowest BCUT2D eigenvalue weighted by Crippen LogP contribution is -2.37. The van der Waals surface area contributed by atoms with E-state index in [-0.39, 0.29) is 25.8 Å². The van der Waals surface area contributed by atoms with Crippen LogP contribution in [0.1, 0.15) is 206 Å². The van der Waals surface area contributed by atoms with Crippen LogP contribution in [0.15, 0.2) is 60.8 Å². The number of ether oxygens (including phenoxy) is 2. The maximum atomic E-state index is 12.7. The molecular weight excluding hydrogens is 782 g/mol. The Bertz CT molecular complexity index is 1160. The van der Waals surface area contributed by atoms with Crippen molar-refractivity contribution in [1.29, 1.82) is 0 Å². The van der Waals surface area contributed by atoms with Gasteiger partial charge < -0.3 is 27.9 Å². The topological polar surface area (TPSA) is 94.1 Å². The van der Waals surface area contributed by atoms with Crippen molar-refractivity contribution in [3.63, 3.8) is 0 Å². The van der Waals surface area contributed by atoms with Crippen molar-refractivity contribution in [3.05, 3.63) is 60.8 Å². The van der Waals surface area contributed by atoms with Gasteiger partial charge in [0.1, 0.15) is 19.3 Å². The van der Waals surface area contributed by atoms with E-state index in [9.17, 15) is 14.3 Å². The number of hydrogen-bond donors (Lipinski definition) is 0. The first-order chi connectivity index (χ1) is 29.6. The second kappa shape index (κ2) is 44.8. The van der Waals surface area contributed by atoms with Gasteiger partial charge in [0.2, 0.25) is 0 Å². The molecule has 61 heavy (non-hydrogen) atoms. The summed E-state index contributed by atoms with van der Waals surface area (Å²) in [4.78, 5) is 25.2. The molecular formula is C52H96NO7P. The largest absolute Gasteiger partial charge is 0.756 e. The molecule has 0 saturated carbocycles. The molecule has 2 atom stereocenters. The number of rotatable bonds is 46. The highest BCUT2D eigenvalue weighted by Gasteiger charge is 2.20. The second-order valence-electron chi connectivity index (χ2n) is 17.8. The van der Waals surface area contributed by atoms with Crippen molar-refractivity contribution in [2.45, 2.75) is 213 Å². The lowest BCUT2D eigenvalue weighted by atomic mass is 10.0. The SMILES string of the molecule is CC/C=C\C/C=C\C/C=C\C/C=C\C/C=C\CCCCOCC(COP(=O)([O-])OCC[N+](C)(C)C)OC(=O)CCCCCCCCCCCCCCCCCCCCCCC. The fourth-order valence-corrected chi connectivity index (χ4v) is 7.48. The molecule has 0 saturated heterocycles. The van der Waals surface area contributed by atoms with E-state index >= 15 is 0 Å². The maximum Gasteiger partial charge on any atom is 0.306 e. The fraction of sp³-hybridized carbons (Fsp3) is 0.788. The molecule has 9 heteroatoms. The monoisotopic (exact) mass is 878 g/mol. The molecule has 0 aromatic heterocycles. The van der Waals surface area contributed by atoms with Crippen LogP contribution in [-0.4, -0.2) is 70.7 Å². The molecule has 0 fully saturated rings. The van der Waals surface area contributed by atoms with Gasteiger partial charge in [-0.05, 0) is 57.8 Å². The van der Waals surface area contributed by atoms with Crippen molar-refractivity contribution in [2.75, 3.05) is 54.1 Å². The Morgan fingerprint density at radius 1 is 0.525 bits per heavy atom. The van der Waals surface area contributed by atoms with E-state index in [1.165, 1.54) is 116 Å². The molecule has 0 aliphatic rings. The zero-order valence-corrected chi connectivity index (χ0v) is 41.2. The first-order valence-corrected chi connectivity index (χ1v) is 26.5. The number of esters is 1. The van der Waals surface area contributed by atoms with Gasteiger partial charge in [-0.1, -0.05) is 203 Å². The first kappa shape index (κ1) is 59.2. The van der Waals surface area contributed by atoms with Crippen molar-refractivity contribution in [3.8, 4) is 0 Å². The number of allylic oxidation sites excluding steroid dienone is 10. The second-order valence-corrected chi connectivity index (χ2v) is 19.2. The van der Waals surface area contributed by atoms with Gasteiger partial charge in [-0.2, -0.15) is 0 Å². The van der Waals surface area contributed by atoms with Crippen molar-refractivity contribution >= 4 is 13.8 Å². The van der Waals surface area contributed by atoms with Gasteiger partial charge in [0.15, 0.2) is 0 Å². The molecule has 0 radical (unpaired) electrons. The Morgan fingerprint density at radius 2 is 0.951 bits per heavy atom. The van der Waals surface area contributed by atoms with Gasteiger partial charge in [-0.15, -0.1) is 0 Å². The standard InChI is InChI=1S/C52H96NO7P/c1-6-8-10-12-14-16-18-20-22-24-26-27-28-29-31-33-35-37-39-41-43-45-52(54)60-51(50-59-61(55,56)58-48-46-53(3,4)5)49-57-47-44-42-40-38-36-34-32-30-25-23-21-19-17-15-13-11-9-7-2/h9,11,15,17,21,23,30,32,36,38,51H,6-8,10,12-14,16,18-20,22,24-29,31,33-35,37,39-50H2,1-5H3/b11-9-,17-15-,23-21-,32-30-,38-36-. The van der Waals surface area contributed by atoms with Gasteiger partial charge in [-0.3, -0.25) is 9.36 Å². The Kier molecular flexibility index (Phi) is 43.5. The zero-order valence-electron chi connectivity index (χ0n) is 40.4. The Labute approximate surface area is 377 Å². The smallest absolute Gasteiger partial charge is 0.306 e. The quantitative estimate of drug-likeness (QED) is 0.0198. The van der Waals surface area contributed by atoms with Gasteiger partial charge >= 0.3 is 5.97 Å². The number of phosphoric acid groups is 1. The zero-order chi connectivity index (χ0) is 44.8. The molecule has 356 valence electrons. The third kappa shape index (κ3) is 49.1. The number of nitrogens with zero attached hydrogens (tertiary/aromatic N) is 1. The Morgan fingerprint density at radius 3 is 1.39 bits per heavy atom. The van der Waals surface area contributed by atoms with Crippen LogP contribution >= 0.6 is 7.82 Å². The van der Waals surface area contributed by atoms with Crippen molar-refractivity contribution in [1.82, 2.24) is 0 Å². The third-order valence-electron chi connectivity index (χ3n) is 10.6. The Hall–Kier alpha value is -1.80. The average Bonchev–Trinajstić information content (AvgIpc) is 3.22. The minimum Gasteiger partial charge on any atom is -0.756 e. The van der Waals surface area contributed by atoms with E-state index in [0.29, 0.717) is 24.1 Å². The molecule has 0 aromatic rings. The molecule has 0 heterocycles. The van der Waals surface area contributed by atoms with Crippen LogP contribution in [0.2, 0.25) is 0 Å². The average molecular weight is 878 g/mol. The van der Waals surface area contributed by atoms with Crippen molar-refractivity contribution in [2.24, 2.45) is 0 Å². The van der Waals surface area contributed by atoms with E-state index in [4.69, 9.17) is 18.5 Å². The van der Waals surface area contributed by atoms with E-state index in [1.54, 1.807) is 0 Å². The molecule has 0 N–H and O–H groups in total. The summed E-state index contributed by atoms with van der Waals surface area (Å²) in [5.74, 6) is -0.347. The minimum absolute atomic E-state index is 0.0165. The predicted octanol–water partition coefficient (Wildman–Crippen LogP) is 14.6. The number of carbonyl (C=O) groups excluding carboxylic acids is 1. The molecule has 8 nitrogen and oxygen atoms in total. The summed E-state index contributed by atoms with van der Waals surface area (Å²) in [7, 11) is 1.33. The van der Waals surface area contributed by atoms with Crippen LogP contribution in [0.5, 0.6) is 0 Å². The van der Waals surface area contributed by atoms with Crippen LogP contribution < -0.4 is 4.89 Å². The van der Waals surface area contributed by atoms with Gasteiger partial charge in [0.05, 0.1) is 34.4 Å². The summed E-state index contributed by atoms with van der Waals surface area (Å²) in [5, 5.41) is 0. The Balaban J connectivity index is 4.21. The number of quaternary nitrogens is 1. The van der Waals surface area contributed by atoms with E-state index in [0.717, 1.165) is 70.6 Å². The predicted molar refractivity (Wildman–Crippen MR) is 259 cm³/mol. The van der Waals surface area contributed by atoms with Crippen LogP contribution in [0, 0.1) is 0 Å². The molecule has 0 aliphatic heterocycles. The summed E-state index contributed by atoms with van der Waals surface area (Å²) >= 11 is 0. The molecule has 0 bridgehead atoms. The van der Waals surface area contributed by atoms with Crippen LogP contribution in [0.4, 0.5) is 0 Å². The van der Waals surface area contributed by atoms with Crippen LogP contribution in [0.25, 0.3) is 0 Å². The molecule has 0 amide bonds. The van der Waals surface area contributed by atoms with Crippen LogP contribution in [-0.2, 0) is 27.9 Å². The van der Waals surface area contributed by atoms with Gasteiger partial charge in [0, 0.05) is 13.0 Å². The van der Waals surface area contributed by atoms with E-state index in [1.807, 2.05) is 21.1 Å². The molecule has 0 spiro atoms. The lowest BCUT2D eigenvalue weighted by molar-refractivity contribution is -0.870. The van der Waals surface area contributed by atoms with E-state index < -0.39 is 13.9 Å². The molecule has 0 rings (SSSR count). The number of likely N-dealkylation sites (N-methyl/N-ethyl adjacent to an activating group) is 1. The normalized spacial score (nSPS) is 14.1. The summed E-state index contributed by atoms with van der Waals surface area (Å²) in [6.07, 6.45) is 56.8. The third-order valence-corrected chi connectivity index (χ3v) is 11.5. The highest BCUT2D eigenvalue weighted by molar-refractivity contribution is 7.45. The number of carbonyl (C=O) groups is 1. The molecule has 2 unspecified atom stereocenters. The highest BCUT2D eigenvalue weighted by atomic mass is 31.2. The maximum absolute atomic E-state index is 12.7. The highest BCUT2D eigenvalue weighted by Crippen LogP contribution is 2.38. The molecule has 0 aromatic carbocycles.